The molecule has 0 bridgehead atoms. The van der Waals surface area contributed by atoms with Crippen molar-refractivity contribution in [2.24, 2.45) is 0 Å². The lowest BCUT2D eigenvalue weighted by molar-refractivity contribution is -0.141. The highest BCUT2D eigenvalue weighted by Crippen LogP contribution is 2.26. The topological polar surface area (TPSA) is 71.3 Å². The van der Waals surface area contributed by atoms with Crippen molar-refractivity contribution in [3.05, 3.63) is 23.8 Å². The van der Waals surface area contributed by atoms with Crippen molar-refractivity contribution in [3.63, 3.8) is 0 Å². The third-order valence-electron chi connectivity index (χ3n) is 2.99. The van der Waals surface area contributed by atoms with Crippen molar-refractivity contribution in [2.75, 3.05) is 19.5 Å². The van der Waals surface area contributed by atoms with Gasteiger partial charge >= 0.3 is 5.97 Å². The van der Waals surface area contributed by atoms with Crippen LogP contribution in [-0.4, -0.2) is 26.2 Å². The minimum Gasteiger partial charge on any atom is -0.495 e. The first-order chi connectivity index (χ1) is 9.65. The van der Waals surface area contributed by atoms with Gasteiger partial charge in [-0.2, -0.15) is 5.26 Å². The van der Waals surface area contributed by atoms with E-state index in [0.717, 1.165) is 12.8 Å². The van der Waals surface area contributed by atoms with Crippen LogP contribution in [0.3, 0.4) is 0 Å². The predicted octanol–water partition coefficient (Wildman–Crippen LogP) is 2.71. The van der Waals surface area contributed by atoms with E-state index in [1.54, 1.807) is 18.2 Å². The fourth-order valence-corrected chi connectivity index (χ4v) is 1.87. The summed E-state index contributed by atoms with van der Waals surface area (Å²) in [5, 5.41) is 12.0. The van der Waals surface area contributed by atoms with Crippen LogP contribution < -0.4 is 10.1 Å². The number of nitrogens with one attached hydrogen (secondary N) is 1. The second-order valence-corrected chi connectivity index (χ2v) is 4.39. The van der Waals surface area contributed by atoms with Crippen LogP contribution in [-0.2, 0) is 9.53 Å². The van der Waals surface area contributed by atoms with E-state index in [1.165, 1.54) is 14.2 Å². The quantitative estimate of drug-likeness (QED) is 0.775. The number of unbranched alkanes of at least 4 members (excludes halogenated alkanes) is 1. The molecular formula is C15H20N2O3. The van der Waals surface area contributed by atoms with Crippen molar-refractivity contribution in [2.45, 2.75) is 32.2 Å². The summed E-state index contributed by atoms with van der Waals surface area (Å²) in [6, 6.07) is 6.69. The number of esters is 1. The Kier molecular flexibility index (Phi) is 6.38. The number of hydrogen-bond acceptors (Lipinski definition) is 5. The highest BCUT2D eigenvalue weighted by atomic mass is 16.5. The second kappa shape index (κ2) is 8.05. The Morgan fingerprint density at radius 3 is 2.75 bits per heavy atom. The molecular weight excluding hydrogens is 256 g/mol. The lowest BCUT2D eigenvalue weighted by Gasteiger charge is -2.19. The maximum atomic E-state index is 11.8. The molecule has 1 unspecified atom stereocenters. The van der Waals surface area contributed by atoms with Crippen molar-refractivity contribution in [1.82, 2.24) is 0 Å². The van der Waals surface area contributed by atoms with Gasteiger partial charge in [-0.1, -0.05) is 19.8 Å². The first-order valence-corrected chi connectivity index (χ1v) is 6.58. The Bertz CT molecular complexity index is 494. The van der Waals surface area contributed by atoms with Gasteiger partial charge in [-0.25, -0.2) is 4.79 Å². The van der Waals surface area contributed by atoms with Crippen LogP contribution in [0, 0.1) is 11.3 Å². The van der Waals surface area contributed by atoms with Crippen LogP contribution >= 0.6 is 0 Å². The van der Waals surface area contributed by atoms with Gasteiger partial charge < -0.3 is 14.8 Å². The van der Waals surface area contributed by atoms with Gasteiger partial charge in [0, 0.05) is 6.07 Å². The predicted molar refractivity (Wildman–Crippen MR) is 76.7 cm³/mol. The van der Waals surface area contributed by atoms with Crippen molar-refractivity contribution >= 4 is 11.7 Å². The molecule has 5 heteroatoms. The third kappa shape index (κ3) is 4.16. The zero-order valence-electron chi connectivity index (χ0n) is 12.1. The van der Waals surface area contributed by atoms with Gasteiger partial charge in [0.05, 0.1) is 31.5 Å². The smallest absolute Gasteiger partial charge is 0.328 e. The molecule has 0 heterocycles. The number of nitriles is 1. The molecule has 0 radical (unpaired) electrons. The molecule has 1 aromatic carbocycles. The summed E-state index contributed by atoms with van der Waals surface area (Å²) in [5.41, 5.74) is 1.19. The molecule has 0 saturated heterocycles. The molecule has 0 fully saturated rings. The molecule has 1 aromatic rings. The Balaban J connectivity index is 2.92. The van der Waals surface area contributed by atoms with E-state index in [1.807, 2.05) is 0 Å². The Labute approximate surface area is 119 Å². The van der Waals surface area contributed by atoms with E-state index < -0.39 is 6.04 Å². The van der Waals surface area contributed by atoms with Crippen LogP contribution in [0.25, 0.3) is 0 Å². The number of rotatable bonds is 7. The normalized spacial score (nSPS) is 11.3. The van der Waals surface area contributed by atoms with E-state index in [0.29, 0.717) is 23.4 Å². The molecule has 0 aliphatic heterocycles. The summed E-state index contributed by atoms with van der Waals surface area (Å²) < 4.78 is 10.0. The van der Waals surface area contributed by atoms with Gasteiger partial charge in [-0.3, -0.25) is 0 Å². The number of anilines is 1. The average molecular weight is 276 g/mol. The first-order valence-electron chi connectivity index (χ1n) is 6.58. The number of carbonyl (C=O) groups is 1. The number of methoxy groups -OCH3 is 2. The summed E-state index contributed by atoms with van der Waals surface area (Å²) >= 11 is 0. The number of hydrogen-bond donors (Lipinski definition) is 1. The van der Waals surface area contributed by atoms with Gasteiger partial charge in [0.1, 0.15) is 11.8 Å². The molecule has 1 atom stereocenters. The minimum absolute atomic E-state index is 0.301. The van der Waals surface area contributed by atoms with Gasteiger partial charge in [-0.05, 0) is 18.6 Å². The number of benzene rings is 1. The molecule has 0 aromatic heterocycles. The van der Waals surface area contributed by atoms with Gasteiger partial charge in [-0.15, -0.1) is 0 Å². The Hall–Kier alpha value is -2.22. The number of carbonyl (C=O) groups excluding carboxylic acids is 1. The first kappa shape index (κ1) is 15.8. The minimum atomic E-state index is -0.415. The molecule has 20 heavy (non-hydrogen) atoms. The van der Waals surface area contributed by atoms with Crippen LogP contribution in [0.15, 0.2) is 18.2 Å². The van der Waals surface area contributed by atoms with Crippen LogP contribution in [0.4, 0.5) is 5.69 Å². The molecule has 0 saturated carbocycles. The molecule has 0 amide bonds. The molecule has 5 nitrogen and oxygen atoms in total. The fraction of sp³-hybridized carbons (Fsp3) is 0.467. The van der Waals surface area contributed by atoms with E-state index in [2.05, 4.69) is 18.3 Å². The van der Waals surface area contributed by atoms with Gasteiger partial charge in [0.15, 0.2) is 0 Å². The molecule has 0 spiro atoms. The van der Waals surface area contributed by atoms with Gasteiger partial charge in [0.2, 0.25) is 0 Å². The number of nitrogens with zero attached hydrogens (tertiary/aromatic N) is 1. The third-order valence-corrected chi connectivity index (χ3v) is 2.99. The molecule has 108 valence electrons. The maximum Gasteiger partial charge on any atom is 0.328 e. The van der Waals surface area contributed by atoms with Crippen LogP contribution in [0.2, 0.25) is 0 Å². The fourth-order valence-electron chi connectivity index (χ4n) is 1.87. The summed E-state index contributed by atoms with van der Waals surface area (Å²) in [5.74, 6) is 0.235. The van der Waals surface area contributed by atoms with Crippen molar-refractivity contribution in [1.29, 1.82) is 5.26 Å². The van der Waals surface area contributed by atoms with Crippen molar-refractivity contribution in [3.8, 4) is 11.8 Å². The van der Waals surface area contributed by atoms with E-state index in [9.17, 15) is 4.79 Å². The van der Waals surface area contributed by atoms with E-state index >= 15 is 0 Å². The standard InChI is InChI=1S/C15H20N2O3/c1-4-5-6-13(15(18)20-3)17-12-8-7-11(10-16)9-14(12)19-2/h7-9,13,17H,4-6H2,1-3H3. The van der Waals surface area contributed by atoms with Crippen LogP contribution in [0.1, 0.15) is 31.7 Å². The van der Waals surface area contributed by atoms with Crippen LogP contribution in [0.5, 0.6) is 5.75 Å². The summed E-state index contributed by atoms with van der Waals surface area (Å²) in [6.07, 6.45) is 2.61. The van der Waals surface area contributed by atoms with E-state index in [-0.39, 0.29) is 5.97 Å². The summed E-state index contributed by atoms with van der Waals surface area (Å²) in [4.78, 5) is 11.8. The summed E-state index contributed by atoms with van der Waals surface area (Å²) in [7, 11) is 2.90. The second-order valence-electron chi connectivity index (χ2n) is 4.39. The van der Waals surface area contributed by atoms with Crippen molar-refractivity contribution < 1.29 is 14.3 Å². The number of ether oxygens (including phenoxy) is 2. The molecule has 1 rings (SSSR count). The largest absolute Gasteiger partial charge is 0.495 e. The van der Waals surface area contributed by atoms with Gasteiger partial charge in [0.25, 0.3) is 0 Å². The van der Waals surface area contributed by atoms with E-state index in [4.69, 9.17) is 14.7 Å². The monoisotopic (exact) mass is 276 g/mol. The SMILES string of the molecule is CCCCC(Nc1ccc(C#N)cc1OC)C(=O)OC. The lowest BCUT2D eigenvalue weighted by Crippen LogP contribution is -2.30. The lowest BCUT2D eigenvalue weighted by atomic mass is 10.1. The maximum absolute atomic E-state index is 11.8. The molecule has 0 aliphatic rings. The highest BCUT2D eigenvalue weighted by molar-refractivity contribution is 5.80. The zero-order chi connectivity index (χ0) is 15.0. The Morgan fingerprint density at radius 1 is 1.45 bits per heavy atom. The zero-order valence-corrected chi connectivity index (χ0v) is 12.1. The molecule has 0 aliphatic carbocycles. The highest BCUT2D eigenvalue weighted by Gasteiger charge is 2.19. The average Bonchev–Trinajstić information content (AvgIpc) is 2.50. The molecule has 1 N–H and O–H groups in total. The Morgan fingerprint density at radius 2 is 2.20 bits per heavy atom. The summed E-state index contributed by atoms with van der Waals surface area (Å²) in [6.45, 7) is 2.07.